The predicted octanol–water partition coefficient (Wildman–Crippen LogP) is 4.91. The Kier molecular flexibility index (Phi) is 9.12. The molecule has 0 aliphatic heterocycles. The highest BCUT2D eigenvalue weighted by molar-refractivity contribution is 7.96. The summed E-state index contributed by atoms with van der Waals surface area (Å²) in [5, 5.41) is 2.78. The van der Waals surface area contributed by atoms with Gasteiger partial charge in [-0.1, -0.05) is 62.4 Å². The van der Waals surface area contributed by atoms with E-state index in [-0.39, 0.29) is 9.80 Å². The summed E-state index contributed by atoms with van der Waals surface area (Å²) >= 11 is 0. The lowest BCUT2D eigenvalue weighted by Gasteiger charge is -2.11. The van der Waals surface area contributed by atoms with Crippen LogP contribution < -0.4 is 10.1 Å². The van der Waals surface area contributed by atoms with Crippen LogP contribution in [0.1, 0.15) is 50.2 Å². The molecule has 0 spiro atoms. The predicted molar refractivity (Wildman–Crippen MR) is 121 cm³/mol. The van der Waals surface area contributed by atoms with E-state index in [0.717, 1.165) is 31.2 Å². The Balaban J connectivity index is 2.28. The lowest BCUT2D eigenvalue weighted by Crippen LogP contribution is -2.29. The van der Waals surface area contributed by atoms with Gasteiger partial charge in [-0.2, -0.15) is 0 Å². The Morgan fingerprint density at radius 2 is 1.60 bits per heavy atom. The summed E-state index contributed by atoms with van der Waals surface area (Å²) in [6.07, 6.45) is 6.68. The number of ether oxygens (including phenoxy) is 1. The molecule has 0 heterocycles. The second-order valence-electron chi connectivity index (χ2n) is 7.27. The van der Waals surface area contributed by atoms with Crippen LogP contribution in [0.4, 0.5) is 0 Å². The van der Waals surface area contributed by atoms with E-state index in [4.69, 9.17) is 4.74 Å². The number of carbonyl (C=O) groups is 1. The first-order valence-electron chi connectivity index (χ1n) is 10.3. The van der Waals surface area contributed by atoms with Crippen LogP contribution in [0.2, 0.25) is 0 Å². The first-order valence-corrected chi connectivity index (χ1v) is 11.8. The van der Waals surface area contributed by atoms with Gasteiger partial charge in [0.15, 0.2) is 0 Å². The van der Waals surface area contributed by atoms with Gasteiger partial charge in [0.1, 0.15) is 10.7 Å². The fraction of sp³-hybridized carbons (Fsp3) is 0.375. The van der Waals surface area contributed by atoms with Crippen molar-refractivity contribution in [2.45, 2.75) is 50.8 Å². The fourth-order valence-corrected chi connectivity index (χ4v) is 4.33. The van der Waals surface area contributed by atoms with E-state index in [2.05, 4.69) is 12.2 Å². The van der Waals surface area contributed by atoms with Crippen LogP contribution in [-0.2, 0) is 14.6 Å². The topological polar surface area (TPSA) is 72.5 Å². The van der Waals surface area contributed by atoms with Gasteiger partial charge < -0.3 is 10.1 Å². The van der Waals surface area contributed by atoms with Crippen molar-refractivity contribution in [3.05, 3.63) is 64.6 Å². The minimum absolute atomic E-state index is 0.103. The number of unbranched alkanes of at least 4 members (excludes halogenated alkanes) is 4. The number of hydrogen-bond acceptors (Lipinski definition) is 4. The maximum Gasteiger partial charge on any atom is 0.263 e. The first kappa shape index (κ1) is 23.7. The zero-order valence-corrected chi connectivity index (χ0v) is 18.8. The highest BCUT2D eigenvalue weighted by atomic mass is 32.2. The summed E-state index contributed by atoms with van der Waals surface area (Å²) in [5.74, 6) is 0.0773. The summed E-state index contributed by atoms with van der Waals surface area (Å²) in [5.41, 5.74) is 1.56. The van der Waals surface area contributed by atoms with Crippen LogP contribution in [0, 0.1) is 6.92 Å². The van der Waals surface area contributed by atoms with Crippen LogP contribution in [0.25, 0.3) is 6.08 Å². The van der Waals surface area contributed by atoms with Crippen LogP contribution in [0.5, 0.6) is 5.75 Å². The number of hydrogen-bond donors (Lipinski definition) is 1. The quantitative estimate of drug-likeness (QED) is 0.407. The molecule has 1 amide bonds. The van der Waals surface area contributed by atoms with Crippen molar-refractivity contribution >= 4 is 21.8 Å². The van der Waals surface area contributed by atoms with Gasteiger partial charge in [-0.15, -0.1) is 0 Å². The maximum atomic E-state index is 13.2. The van der Waals surface area contributed by atoms with Crippen LogP contribution in [0.15, 0.2) is 58.3 Å². The highest BCUT2D eigenvalue weighted by Crippen LogP contribution is 2.23. The lowest BCUT2D eigenvalue weighted by molar-refractivity contribution is -0.116. The van der Waals surface area contributed by atoms with Gasteiger partial charge in [-0.3, -0.25) is 4.79 Å². The van der Waals surface area contributed by atoms with Crippen molar-refractivity contribution in [2.75, 3.05) is 13.7 Å². The van der Waals surface area contributed by atoms with Gasteiger partial charge in [0.25, 0.3) is 5.91 Å². The van der Waals surface area contributed by atoms with E-state index >= 15 is 0 Å². The molecule has 1 N–H and O–H groups in total. The SMILES string of the molecule is CCCCCCCNC(=O)/C(=C\c1ccc(OC)cc1)S(=O)(=O)c1ccc(C)cc1. The normalized spacial score (nSPS) is 11.9. The van der Waals surface area contributed by atoms with Gasteiger partial charge in [0, 0.05) is 6.54 Å². The van der Waals surface area contributed by atoms with Crippen molar-refractivity contribution < 1.29 is 17.9 Å². The summed E-state index contributed by atoms with van der Waals surface area (Å²) in [4.78, 5) is 12.7. The van der Waals surface area contributed by atoms with Crippen molar-refractivity contribution in [2.24, 2.45) is 0 Å². The summed E-state index contributed by atoms with van der Waals surface area (Å²) in [7, 11) is -2.40. The Morgan fingerprint density at radius 3 is 2.20 bits per heavy atom. The molecule has 162 valence electrons. The van der Waals surface area contributed by atoms with E-state index in [1.807, 2.05) is 6.92 Å². The van der Waals surface area contributed by atoms with Gasteiger partial charge in [-0.25, -0.2) is 8.42 Å². The molecule has 0 saturated heterocycles. The van der Waals surface area contributed by atoms with Crippen molar-refractivity contribution in [3.63, 3.8) is 0 Å². The molecule has 0 unspecified atom stereocenters. The van der Waals surface area contributed by atoms with Gasteiger partial charge in [0.05, 0.1) is 12.0 Å². The van der Waals surface area contributed by atoms with Crippen LogP contribution in [0.3, 0.4) is 0 Å². The number of carbonyl (C=O) groups excluding carboxylic acids is 1. The molecule has 2 rings (SSSR count). The molecule has 0 bridgehead atoms. The molecule has 0 saturated carbocycles. The monoisotopic (exact) mass is 429 g/mol. The van der Waals surface area contributed by atoms with E-state index < -0.39 is 15.7 Å². The average molecular weight is 430 g/mol. The van der Waals surface area contributed by atoms with Crippen molar-refractivity contribution in [1.29, 1.82) is 0 Å². The number of nitrogens with one attached hydrogen (secondary N) is 1. The second-order valence-corrected chi connectivity index (χ2v) is 9.19. The van der Waals surface area contributed by atoms with Crippen molar-refractivity contribution in [3.8, 4) is 5.75 Å². The zero-order valence-electron chi connectivity index (χ0n) is 18.0. The molecule has 5 nitrogen and oxygen atoms in total. The third-order valence-electron chi connectivity index (χ3n) is 4.82. The Labute approximate surface area is 180 Å². The number of rotatable bonds is 11. The molecule has 30 heavy (non-hydrogen) atoms. The molecule has 6 heteroatoms. The van der Waals surface area contributed by atoms with Crippen LogP contribution in [-0.4, -0.2) is 28.0 Å². The molecule has 0 radical (unpaired) electrons. The summed E-state index contributed by atoms with van der Waals surface area (Å²) < 4.78 is 31.6. The molecule has 0 aliphatic rings. The molecule has 0 atom stereocenters. The Hall–Kier alpha value is -2.60. The molecular formula is C24H31NO4S. The summed E-state index contributed by atoms with van der Waals surface area (Å²) in [6, 6.07) is 13.4. The van der Waals surface area contributed by atoms with E-state index in [0.29, 0.717) is 17.9 Å². The van der Waals surface area contributed by atoms with E-state index in [1.165, 1.54) is 24.6 Å². The molecule has 2 aromatic rings. The van der Waals surface area contributed by atoms with Crippen molar-refractivity contribution in [1.82, 2.24) is 5.32 Å². The van der Waals surface area contributed by atoms with E-state index in [9.17, 15) is 13.2 Å². The van der Waals surface area contributed by atoms with Crippen LogP contribution >= 0.6 is 0 Å². The fourth-order valence-electron chi connectivity index (χ4n) is 2.98. The van der Waals surface area contributed by atoms with Gasteiger partial charge in [0.2, 0.25) is 9.84 Å². The molecule has 0 aromatic heterocycles. The molecule has 0 aliphatic carbocycles. The molecule has 2 aromatic carbocycles. The molecule has 0 fully saturated rings. The van der Waals surface area contributed by atoms with Gasteiger partial charge in [-0.05, 0) is 49.2 Å². The van der Waals surface area contributed by atoms with Gasteiger partial charge >= 0.3 is 0 Å². The molecular weight excluding hydrogens is 398 g/mol. The Morgan fingerprint density at radius 1 is 0.967 bits per heavy atom. The number of benzene rings is 2. The average Bonchev–Trinajstić information content (AvgIpc) is 2.75. The second kappa shape index (κ2) is 11.6. The standard InChI is InChI=1S/C24H31NO4S/c1-4-5-6-7-8-17-25-24(26)23(18-20-11-13-21(29-3)14-12-20)30(27,28)22-15-9-19(2)10-16-22/h9-16,18H,4-8,17H2,1-3H3,(H,25,26)/b23-18+. The highest BCUT2D eigenvalue weighted by Gasteiger charge is 2.27. The largest absolute Gasteiger partial charge is 0.497 e. The van der Waals surface area contributed by atoms with E-state index in [1.54, 1.807) is 43.5 Å². The lowest BCUT2D eigenvalue weighted by atomic mass is 10.1. The third kappa shape index (κ3) is 6.73. The third-order valence-corrected chi connectivity index (χ3v) is 6.60. The number of sulfone groups is 1. The number of aryl methyl sites for hydroxylation is 1. The first-order chi connectivity index (χ1) is 14.4. The number of methoxy groups -OCH3 is 1. The zero-order chi connectivity index (χ0) is 22.0. The minimum Gasteiger partial charge on any atom is -0.497 e. The summed E-state index contributed by atoms with van der Waals surface area (Å²) in [6.45, 7) is 4.48. The minimum atomic E-state index is -3.96. The number of amides is 1. The maximum absolute atomic E-state index is 13.2. The Bertz CT molecular complexity index is 946. The smallest absolute Gasteiger partial charge is 0.263 e.